The third-order valence-electron chi connectivity index (χ3n) is 3.27. The van der Waals surface area contributed by atoms with Crippen LogP contribution in [-0.2, 0) is 19.7 Å². The van der Waals surface area contributed by atoms with Crippen molar-refractivity contribution in [1.82, 2.24) is 0 Å². The summed E-state index contributed by atoms with van der Waals surface area (Å²) in [5.41, 5.74) is -1.48. The first-order valence-corrected chi connectivity index (χ1v) is 7.45. The highest BCUT2D eigenvalue weighted by molar-refractivity contribution is 9.10. The van der Waals surface area contributed by atoms with Crippen molar-refractivity contribution in [3.63, 3.8) is 0 Å². The Bertz CT molecular complexity index is 517. The molecular formula is C15H19BrO5. The standard InChI is InChI=1S/C15H19BrO5/c1-3-21-14(20)15(13(18)19,8-10(2)9-17)11-5-4-6-12(16)7-11/h4-7,10,17H,3,8-9H2,1-2H3,(H,18,19). The molecule has 0 aliphatic rings. The molecule has 0 spiro atoms. The Morgan fingerprint density at radius 2 is 2.10 bits per heavy atom. The van der Waals surface area contributed by atoms with Crippen LogP contribution in [0.4, 0.5) is 0 Å². The van der Waals surface area contributed by atoms with E-state index in [1.165, 1.54) is 0 Å². The van der Waals surface area contributed by atoms with Gasteiger partial charge in [-0.05, 0) is 37.0 Å². The molecule has 1 aromatic carbocycles. The number of aliphatic carboxylic acids is 1. The van der Waals surface area contributed by atoms with Gasteiger partial charge in [-0.2, -0.15) is 0 Å². The Morgan fingerprint density at radius 1 is 1.43 bits per heavy atom. The fraction of sp³-hybridized carbons (Fsp3) is 0.467. The Kier molecular flexibility index (Phi) is 6.36. The van der Waals surface area contributed by atoms with Crippen molar-refractivity contribution in [2.24, 2.45) is 5.92 Å². The molecule has 116 valence electrons. The molecular weight excluding hydrogens is 340 g/mol. The van der Waals surface area contributed by atoms with Gasteiger partial charge >= 0.3 is 11.9 Å². The molecule has 1 aromatic rings. The van der Waals surface area contributed by atoms with Gasteiger partial charge in [0.1, 0.15) is 0 Å². The zero-order chi connectivity index (χ0) is 16.0. The fourth-order valence-electron chi connectivity index (χ4n) is 2.21. The number of aliphatic hydroxyl groups excluding tert-OH is 1. The van der Waals surface area contributed by atoms with E-state index in [0.717, 1.165) is 0 Å². The molecule has 0 amide bonds. The van der Waals surface area contributed by atoms with Crippen molar-refractivity contribution in [2.45, 2.75) is 25.7 Å². The zero-order valence-electron chi connectivity index (χ0n) is 12.0. The van der Waals surface area contributed by atoms with Crippen molar-refractivity contribution >= 4 is 27.9 Å². The summed E-state index contributed by atoms with van der Waals surface area (Å²) in [7, 11) is 0. The highest BCUT2D eigenvalue weighted by Crippen LogP contribution is 2.35. The van der Waals surface area contributed by atoms with E-state index in [9.17, 15) is 19.8 Å². The predicted octanol–water partition coefficient (Wildman–Crippen LogP) is 2.35. The molecule has 5 nitrogen and oxygen atoms in total. The minimum absolute atomic E-state index is 0.0336. The summed E-state index contributed by atoms with van der Waals surface area (Å²) in [5, 5.41) is 19.0. The van der Waals surface area contributed by atoms with E-state index in [1.807, 2.05) is 0 Å². The number of esters is 1. The lowest BCUT2D eigenvalue weighted by Gasteiger charge is -2.29. The summed E-state index contributed by atoms with van der Waals surface area (Å²) in [6.07, 6.45) is -0.0336. The molecule has 1 rings (SSSR count). The Balaban J connectivity index is 3.43. The van der Waals surface area contributed by atoms with E-state index in [4.69, 9.17) is 4.74 Å². The molecule has 0 fully saturated rings. The summed E-state index contributed by atoms with van der Waals surface area (Å²) in [4.78, 5) is 24.3. The van der Waals surface area contributed by atoms with Crippen molar-refractivity contribution < 1.29 is 24.5 Å². The van der Waals surface area contributed by atoms with Crippen LogP contribution in [-0.4, -0.2) is 35.4 Å². The first-order valence-electron chi connectivity index (χ1n) is 6.66. The molecule has 0 aliphatic carbocycles. The van der Waals surface area contributed by atoms with E-state index in [1.54, 1.807) is 38.1 Å². The van der Waals surface area contributed by atoms with Gasteiger partial charge in [-0.3, -0.25) is 9.59 Å². The molecule has 0 bridgehead atoms. The number of ether oxygens (including phenoxy) is 1. The van der Waals surface area contributed by atoms with Gasteiger partial charge in [0.2, 0.25) is 0 Å². The lowest BCUT2D eigenvalue weighted by molar-refractivity contribution is -0.162. The highest BCUT2D eigenvalue weighted by atomic mass is 79.9. The summed E-state index contributed by atoms with van der Waals surface area (Å²) in [6, 6.07) is 6.59. The van der Waals surface area contributed by atoms with Crippen LogP contribution in [0.25, 0.3) is 0 Å². The van der Waals surface area contributed by atoms with Crippen molar-refractivity contribution in [3.8, 4) is 0 Å². The summed E-state index contributed by atoms with van der Waals surface area (Å²) < 4.78 is 5.66. The van der Waals surface area contributed by atoms with Gasteiger partial charge < -0.3 is 14.9 Å². The van der Waals surface area contributed by atoms with E-state index in [0.29, 0.717) is 10.0 Å². The van der Waals surface area contributed by atoms with Crippen LogP contribution in [0.3, 0.4) is 0 Å². The number of hydrogen-bond acceptors (Lipinski definition) is 4. The maximum Gasteiger partial charge on any atom is 0.328 e. The number of hydrogen-bond donors (Lipinski definition) is 2. The number of carboxylic acid groups (broad SMARTS) is 1. The number of carbonyl (C=O) groups excluding carboxylic acids is 1. The van der Waals surface area contributed by atoms with E-state index in [-0.39, 0.29) is 25.6 Å². The van der Waals surface area contributed by atoms with E-state index >= 15 is 0 Å². The molecule has 0 aromatic heterocycles. The molecule has 2 N–H and O–H groups in total. The zero-order valence-corrected chi connectivity index (χ0v) is 13.6. The topological polar surface area (TPSA) is 83.8 Å². The van der Waals surface area contributed by atoms with Gasteiger partial charge in [0.15, 0.2) is 5.41 Å². The molecule has 6 heteroatoms. The van der Waals surface area contributed by atoms with Crippen LogP contribution < -0.4 is 0 Å². The van der Waals surface area contributed by atoms with E-state index < -0.39 is 17.4 Å². The largest absolute Gasteiger partial charge is 0.480 e. The number of benzene rings is 1. The Labute approximate surface area is 132 Å². The highest BCUT2D eigenvalue weighted by Gasteiger charge is 2.50. The summed E-state index contributed by atoms with van der Waals surface area (Å²) in [5.74, 6) is -2.44. The second-order valence-electron chi connectivity index (χ2n) is 4.93. The van der Waals surface area contributed by atoms with Crippen LogP contribution >= 0.6 is 15.9 Å². The second kappa shape index (κ2) is 7.56. The van der Waals surface area contributed by atoms with Gasteiger partial charge in [0.25, 0.3) is 0 Å². The number of carbonyl (C=O) groups is 2. The monoisotopic (exact) mass is 358 g/mol. The number of carboxylic acids is 1. The number of aliphatic hydroxyl groups is 1. The Hall–Kier alpha value is -1.40. The fourth-order valence-corrected chi connectivity index (χ4v) is 2.61. The Morgan fingerprint density at radius 3 is 2.57 bits per heavy atom. The van der Waals surface area contributed by atoms with Gasteiger partial charge in [-0.25, -0.2) is 0 Å². The lowest BCUT2D eigenvalue weighted by atomic mass is 9.74. The molecule has 0 aliphatic heterocycles. The van der Waals surface area contributed by atoms with Crippen molar-refractivity contribution in [2.75, 3.05) is 13.2 Å². The summed E-state index contributed by atoms with van der Waals surface area (Å²) in [6.45, 7) is 3.20. The third-order valence-corrected chi connectivity index (χ3v) is 3.77. The van der Waals surface area contributed by atoms with Crippen molar-refractivity contribution in [1.29, 1.82) is 0 Å². The van der Waals surface area contributed by atoms with Crippen LogP contribution in [0, 0.1) is 5.92 Å². The maximum atomic E-state index is 12.4. The molecule has 0 saturated heterocycles. The molecule has 2 atom stereocenters. The average Bonchev–Trinajstić information content (AvgIpc) is 2.44. The summed E-state index contributed by atoms with van der Waals surface area (Å²) >= 11 is 3.28. The van der Waals surface area contributed by atoms with Gasteiger partial charge in [0, 0.05) is 11.1 Å². The van der Waals surface area contributed by atoms with Crippen LogP contribution in [0.1, 0.15) is 25.8 Å². The number of halogens is 1. The van der Waals surface area contributed by atoms with E-state index in [2.05, 4.69) is 15.9 Å². The minimum atomic E-state index is -1.82. The van der Waals surface area contributed by atoms with Gasteiger partial charge in [-0.1, -0.05) is 35.0 Å². The molecule has 2 unspecified atom stereocenters. The predicted molar refractivity (Wildman–Crippen MR) is 81.0 cm³/mol. The van der Waals surface area contributed by atoms with Crippen LogP contribution in [0.15, 0.2) is 28.7 Å². The molecule has 0 saturated carbocycles. The first-order chi connectivity index (χ1) is 9.88. The van der Waals surface area contributed by atoms with Crippen LogP contribution in [0.5, 0.6) is 0 Å². The molecule has 0 heterocycles. The minimum Gasteiger partial charge on any atom is -0.480 e. The van der Waals surface area contributed by atoms with Gasteiger partial charge in [0.05, 0.1) is 6.61 Å². The first kappa shape index (κ1) is 17.7. The van der Waals surface area contributed by atoms with Crippen LogP contribution in [0.2, 0.25) is 0 Å². The SMILES string of the molecule is CCOC(=O)C(CC(C)CO)(C(=O)O)c1cccc(Br)c1. The quantitative estimate of drug-likeness (QED) is 0.577. The maximum absolute atomic E-state index is 12.4. The van der Waals surface area contributed by atoms with Crippen molar-refractivity contribution in [3.05, 3.63) is 34.3 Å². The normalized spacial score (nSPS) is 15.0. The third kappa shape index (κ3) is 3.83. The smallest absolute Gasteiger partial charge is 0.328 e. The lowest BCUT2D eigenvalue weighted by Crippen LogP contribution is -2.46. The molecule has 21 heavy (non-hydrogen) atoms. The van der Waals surface area contributed by atoms with Gasteiger partial charge in [-0.15, -0.1) is 0 Å². The second-order valence-corrected chi connectivity index (χ2v) is 5.85. The molecule has 0 radical (unpaired) electrons. The number of rotatable bonds is 7. The average molecular weight is 359 g/mol.